The fraction of sp³-hybridized carbons (Fsp3) is 0.500. The highest BCUT2D eigenvalue weighted by Crippen LogP contribution is 2.36. The molecule has 1 fully saturated rings. The van der Waals surface area contributed by atoms with Crippen molar-refractivity contribution >= 4 is 34.6 Å². The molecule has 0 atom stereocenters. The smallest absolute Gasteiger partial charge is 0.272 e. The molecule has 1 saturated carbocycles. The molecule has 0 radical (unpaired) electrons. The number of rotatable bonds is 3. The number of non-ortho nitro benzene ring substituents is 1. The van der Waals surface area contributed by atoms with Gasteiger partial charge in [0.15, 0.2) is 0 Å². The first-order valence-corrected chi connectivity index (χ1v) is 6.88. The maximum atomic E-state index is 10.7. The van der Waals surface area contributed by atoms with Gasteiger partial charge in [-0.15, -0.1) is 0 Å². The van der Waals surface area contributed by atoms with Crippen LogP contribution in [0.2, 0.25) is 10.0 Å². The predicted octanol–water partition coefficient (Wildman–Crippen LogP) is 3.58. The van der Waals surface area contributed by atoms with Gasteiger partial charge in [-0.1, -0.05) is 23.2 Å². The van der Waals surface area contributed by atoms with Crippen LogP contribution in [-0.4, -0.2) is 17.0 Å². The lowest BCUT2D eigenvalue weighted by atomic mass is 9.91. The Hall–Kier alpha value is -1.04. The average Bonchev–Trinajstić information content (AvgIpc) is 2.35. The highest BCUT2D eigenvalue weighted by atomic mass is 35.5. The molecule has 1 aromatic carbocycles. The summed E-state index contributed by atoms with van der Waals surface area (Å²) in [6.07, 6.45) is 3.81. The van der Waals surface area contributed by atoms with Gasteiger partial charge in [0, 0.05) is 24.2 Å². The van der Waals surface area contributed by atoms with Crippen LogP contribution in [0.25, 0.3) is 0 Å². The van der Waals surface area contributed by atoms with Gasteiger partial charge in [0.05, 0.1) is 20.7 Å². The number of hydrogen-bond donors (Lipinski definition) is 2. The molecule has 5 nitrogen and oxygen atoms in total. The quantitative estimate of drug-likeness (QED) is 0.660. The monoisotopic (exact) mass is 303 g/mol. The Labute approximate surface area is 121 Å². The lowest BCUT2D eigenvalue weighted by Crippen LogP contribution is -2.32. The van der Waals surface area contributed by atoms with Crippen molar-refractivity contribution in [2.45, 2.75) is 37.8 Å². The van der Waals surface area contributed by atoms with Crippen molar-refractivity contribution in [3.63, 3.8) is 0 Å². The lowest BCUT2D eigenvalue weighted by Gasteiger charge is -2.28. The van der Waals surface area contributed by atoms with Gasteiger partial charge in [-0.05, 0) is 25.7 Å². The summed E-state index contributed by atoms with van der Waals surface area (Å²) in [6.45, 7) is 0. The van der Waals surface area contributed by atoms with Crippen molar-refractivity contribution in [1.29, 1.82) is 0 Å². The highest BCUT2D eigenvalue weighted by molar-refractivity contribution is 6.39. The fourth-order valence-corrected chi connectivity index (χ4v) is 2.86. The van der Waals surface area contributed by atoms with Gasteiger partial charge < -0.3 is 11.1 Å². The molecule has 0 heterocycles. The van der Waals surface area contributed by atoms with Gasteiger partial charge >= 0.3 is 0 Å². The average molecular weight is 304 g/mol. The van der Waals surface area contributed by atoms with E-state index in [4.69, 9.17) is 28.9 Å². The summed E-state index contributed by atoms with van der Waals surface area (Å²) in [6, 6.07) is 3.14. The molecule has 0 amide bonds. The van der Waals surface area contributed by atoms with Gasteiger partial charge in [-0.3, -0.25) is 10.1 Å². The van der Waals surface area contributed by atoms with E-state index in [1.807, 2.05) is 0 Å². The Morgan fingerprint density at radius 2 is 1.74 bits per heavy atom. The van der Waals surface area contributed by atoms with Crippen molar-refractivity contribution < 1.29 is 4.92 Å². The number of nitrogens with zero attached hydrogens (tertiary/aromatic N) is 1. The Morgan fingerprint density at radius 1 is 1.21 bits per heavy atom. The summed E-state index contributed by atoms with van der Waals surface area (Å²) in [5, 5.41) is 14.5. The minimum atomic E-state index is -0.513. The number of nitrogens with one attached hydrogen (secondary N) is 1. The summed E-state index contributed by atoms with van der Waals surface area (Å²) < 4.78 is 0. The molecule has 19 heavy (non-hydrogen) atoms. The van der Waals surface area contributed by atoms with Crippen molar-refractivity contribution in [2.75, 3.05) is 5.32 Å². The van der Waals surface area contributed by atoms with Crippen LogP contribution in [0.4, 0.5) is 11.4 Å². The van der Waals surface area contributed by atoms with E-state index in [2.05, 4.69) is 5.32 Å². The second-order valence-corrected chi connectivity index (χ2v) is 5.61. The number of nitrogens with two attached hydrogens (primary N) is 1. The molecule has 104 valence electrons. The summed E-state index contributed by atoms with van der Waals surface area (Å²) in [7, 11) is 0. The number of nitro benzene ring substituents is 1. The number of anilines is 1. The molecule has 3 N–H and O–H groups in total. The Bertz CT molecular complexity index is 465. The number of halogens is 2. The maximum Gasteiger partial charge on any atom is 0.272 e. The predicted molar refractivity (Wildman–Crippen MR) is 77.0 cm³/mol. The molecule has 1 aliphatic carbocycles. The third kappa shape index (κ3) is 3.49. The van der Waals surface area contributed by atoms with E-state index in [1.165, 1.54) is 12.1 Å². The van der Waals surface area contributed by atoms with Gasteiger partial charge in [0.2, 0.25) is 0 Å². The van der Waals surface area contributed by atoms with Crippen LogP contribution < -0.4 is 11.1 Å². The standard InChI is InChI=1S/C12H15Cl2N3O2/c13-10-5-9(17(18)19)6-11(14)12(10)16-8-3-1-7(15)2-4-8/h5-8,16H,1-4,15H2. The summed E-state index contributed by atoms with van der Waals surface area (Å²) >= 11 is 12.1. The van der Waals surface area contributed by atoms with E-state index in [1.54, 1.807) is 0 Å². The van der Waals surface area contributed by atoms with Crippen molar-refractivity contribution in [3.8, 4) is 0 Å². The van der Waals surface area contributed by atoms with Crippen LogP contribution in [0.5, 0.6) is 0 Å². The van der Waals surface area contributed by atoms with E-state index in [9.17, 15) is 10.1 Å². The number of benzene rings is 1. The summed E-state index contributed by atoms with van der Waals surface area (Å²) in [4.78, 5) is 10.2. The molecule has 1 aromatic rings. The SMILES string of the molecule is NC1CCC(Nc2c(Cl)cc([N+](=O)[O-])cc2Cl)CC1. The maximum absolute atomic E-state index is 10.7. The van der Waals surface area contributed by atoms with Crippen molar-refractivity contribution in [2.24, 2.45) is 5.73 Å². The van der Waals surface area contributed by atoms with Crippen LogP contribution in [0, 0.1) is 10.1 Å². The molecule has 0 saturated heterocycles. The molecule has 0 bridgehead atoms. The molecule has 0 aliphatic heterocycles. The molecule has 7 heteroatoms. The van der Waals surface area contributed by atoms with Gasteiger partial charge in [0.1, 0.15) is 0 Å². The topological polar surface area (TPSA) is 81.2 Å². The van der Waals surface area contributed by atoms with Gasteiger partial charge in [-0.25, -0.2) is 0 Å². The molecule has 0 aromatic heterocycles. The first-order chi connectivity index (χ1) is 8.97. The van der Waals surface area contributed by atoms with Crippen molar-refractivity contribution in [1.82, 2.24) is 0 Å². The van der Waals surface area contributed by atoms with Crippen LogP contribution in [0.1, 0.15) is 25.7 Å². The second kappa shape index (κ2) is 5.94. The molecule has 2 rings (SSSR count). The highest BCUT2D eigenvalue weighted by Gasteiger charge is 2.21. The van der Waals surface area contributed by atoms with Crippen LogP contribution in [-0.2, 0) is 0 Å². The normalized spacial score (nSPS) is 23.1. The minimum absolute atomic E-state index is 0.105. The largest absolute Gasteiger partial charge is 0.380 e. The molecular formula is C12H15Cl2N3O2. The lowest BCUT2D eigenvalue weighted by molar-refractivity contribution is -0.384. The Morgan fingerprint density at radius 3 is 2.21 bits per heavy atom. The van der Waals surface area contributed by atoms with Crippen molar-refractivity contribution in [3.05, 3.63) is 32.3 Å². The van der Waals surface area contributed by atoms with Crippen LogP contribution in [0.3, 0.4) is 0 Å². The van der Waals surface area contributed by atoms with E-state index in [0.29, 0.717) is 5.69 Å². The van der Waals surface area contributed by atoms with Crippen LogP contribution in [0.15, 0.2) is 12.1 Å². The molecule has 1 aliphatic rings. The third-order valence-corrected chi connectivity index (χ3v) is 3.95. The van der Waals surface area contributed by atoms with Crippen LogP contribution >= 0.6 is 23.2 Å². The molecule has 0 spiro atoms. The van der Waals surface area contributed by atoms with Gasteiger partial charge in [-0.2, -0.15) is 0 Å². The second-order valence-electron chi connectivity index (χ2n) is 4.80. The zero-order valence-electron chi connectivity index (χ0n) is 10.2. The minimum Gasteiger partial charge on any atom is -0.380 e. The Balaban J connectivity index is 2.14. The fourth-order valence-electron chi connectivity index (χ4n) is 2.27. The molecule has 0 unspecified atom stereocenters. The number of nitro groups is 1. The zero-order valence-corrected chi connectivity index (χ0v) is 11.7. The van der Waals surface area contributed by atoms with Gasteiger partial charge in [0.25, 0.3) is 5.69 Å². The summed E-state index contributed by atoms with van der Waals surface area (Å²) in [5.74, 6) is 0. The van der Waals surface area contributed by atoms with E-state index < -0.39 is 4.92 Å². The van der Waals surface area contributed by atoms with E-state index in [0.717, 1.165) is 25.7 Å². The third-order valence-electron chi connectivity index (χ3n) is 3.36. The number of hydrogen-bond acceptors (Lipinski definition) is 4. The Kier molecular flexibility index (Phi) is 4.50. The first-order valence-electron chi connectivity index (χ1n) is 6.13. The first kappa shape index (κ1) is 14.4. The van der Waals surface area contributed by atoms with E-state index in [-0.39, 0.29) is 27.8 Å². The molecular weight excluding hydrogens is 289 g/mol. The zero-order chi connectivity index (χ0) is 14.0. The van der Waals surface area contributed by atoms with E-state index >= 15 is 0 Å². The summed E-state index contributed by atoms with van der Waals surface area (Å²) in [5.41, 5.74) is 6.31.